The summed E-state index contributed by atoms with van der Waals surface area (Å²) < 4.78 is 29.1. The average molecular weight is 515 g/mol. The quantitative estimate of drug-likeness (QED) is 0.418. The van der Waals surface area contributed by atoms with E-state index in [1.54, 1.807) is 42.5 Å². The molecule has 0 aliphatic carbocycles. The van der Waals surface area contributed by atoms with Crippen LogP contribution < -0.4 is 9.62 Å². The highest BCUT2D eigenvalue weighted by Crippen LogP contribution is 2.26. The Morgan fingerprint density at radius 3 is 2.16 bits per heavy atom. The van der Waals surface area contributed by atoms with E-state index in [1.165, 1.54) is 0 Å². The molecule has 0 radical (unpaired) electrons. The number of rotatable bonds is 7. The van der Waals surface area contributed by atoms with Crippen molar-refractivity contribution in [2.45, 2.75) is 38.5 Å². The van der Waals surface area contributed by atoms with Crippen LogP contribution in [0, 0.1) is 13.8 Å². The van der Waals surface area contributed by atoms with Crippen molar-refractivity contribution in [3.05, 3.63) is 87.9 Å². The van der Waals surface area contributed by atoms with Gasteiger partial charge in [0.05, 0.1) is 10.6 Å². The summed E-state index contributed by atoms with van der Waals surface area (Å²) >= 11 is 3.44. The molecule has 0 fully saturated rings. The molecule has 0 aromatic heterocycles. The van der Waals surface area contributed by atoms with Crippen LogP contribution in [0.25, 0.3) is 0 Å². The Morgan fingerprint density at radius 2 is 1.59 bits per heavy atom. The van der Waals surface area contributed by atoms with Gasteiger partial charge in [-0.3, -0.25) is 9.10 Å². The second kappa shape index (κ2) is 9.88. The van der Waals surface area contributed by atoms with E-state index in [4.69, 9.17) is 0 Å². The molecule has 0 saturated carbocycles. The minimum atomic E-state index is -3.94. The molecule has 0 aliphatic heterocycles. The van der Waals surface area contributed by atoms with E-state index >= 15 is 0 Å². The molecule has 0 spiro atoms. The number of carbonyl (C=O) groups is 1. The summed E-state index contributed by atoms with van der Waals surface area (Å²) in [7, 11) is -3.94. The van der Waals surface area contributed by atoms with Gasteiger partial charge in [-0.25, -0.2) is 8.42 Å². The monoisotopic (exact) mass is 514 g/mol. The fourth-order valence-corrected chi connectivity index (χ4v) is 4.90. The minimum Gasteiger partial charge on any atom is -0.325 e. The summed E-state index contributed by atoms with van der Waals surface area (Å²) in [6.45, 7) is 7.62. The Balaban J connectivity index is 1.94. The predicted molar refractivity (Wildman–Crippen MR) is 134 cm³/mol. The molecule has 0 saturated heterocycles. The summed E-state index contributed by atoms with van der Waals surface area (Å²) in [4.78, 5) is 13.0. The summed E-state index contributed by atoms with van der Waals surface area (Å²) in [5.41, 5.74) is 4.07. The second-order valence-electron chi connectivity index (χ2n) is 8.08. The van der Waals surface area contributed by atoms with Crippen molar-refractivity contribution in [1.82, 2.24) is 0 Å². The van der Waals surface area contributed by atoms with Gasteiger partial charge in [0.1, 0.15) is 6.54 Å². The number of halogens is 1. The number of benzene rings is 3. The Kier molecular flexibility index (Phi) is 7.41. The van der Waals surface area contributed by atoms with Crippen molar-refractivity contribution in [1.29, 1.82) is 0 Å². The minimum absolute atomic E-state index is 0.142. The van der Waals surface area contributed by atoms with Crippen molar-refractivity contribution in [2.75, 3.05) is 16.2 Å². The maximum absolute atomic E-state index is 13.5. The number of anilines is 2. The van der Waals surface area contributed by atoms with Gasteiger partial charge in [-0.15, -0.1) is 0 Å². The molecule has 32 heavy (non-hydrogen) atoms. The highest BCUT2D eigenvalue weighted by Gasteiger charge is 2.27. The number of nitrogens with one attached hydrogen (secondary N) is 1. The number of hydrogen-bond donors (Lipinski definition) is 1. The van der Waals surface area contributed by atoms with Crippen LogP contribution in [-0.2, 0) is 14.8 Å². The van der Waals surface area contributed by atoms with Crippen LogP contribution in [0.1, 0.15) is 36.5 Å². The number of carbonyl (C=O) groups excluding carboxylic acids is 1. The van der Waals surface area contributed by atoms with E-state index in [-0.39, 0.29) is 11.4 Å². The van der Waals surface area contributed by atoms with Crippen molar-refractivity contribution >= 4 is 43.2 Å². The van der Waals surface area contributed by atoms with Crippen LogP contribution in [0.2, 0.25) is 0 Å². The van der Waals surface area contributed by atoms with E-state index < -0.39 is 15.9 Å². The zero-order chi connectivity index (χ0) is 23.5. The topological polar surface area (TPSA) is 66.5 Å². The molecular weight excluding hydrogens is 488 g/mol. The maximum Gasteiger partial charge on any atom is 0.264 e. The molecule has 168 valence electrons. The zero-order valence-corrected chi connectivity index (χ0v) is 21.0. The molecule has 3 aromatic rings. The highest BCUT2D eigenvalue weighted by atomic mass is 79.9. The molecule has 1 N–H and O–H groups in total. The lowest BCUT2D eigenvalue weighted by Crippen LogP contribution is -2.38. The number of amides is 1. The Hall–Kier alpha value is -2.64. The Morgan fingerprint density at radius 1 is 0.969 bits per heavy atom. The van der Waals surface area contributed by atoms with Gasteiger partial charge >= 0.3 is 0 Å². The molecule has 0 unspecified atom stereocenters. The number of sulfonamides is 1. The van der Waals surface area contributed by atoms with Gasteiger partial charge in [-0.2, -0.15) is 0 Å². The van der Waals surface area contributed by atoms with Crippen LogP contribution in [0.5, 0.6) is 0 Å². The SMILES string of the molecule is Cc1ccc(S(=O)(=O)N(CC(=O)Nc2ccc(Br)c(C)c2)c2ccc(C(C)C)cc2)cc1. The first-order chi connectivity index (χ1) is 15.1. The number of nitrogens with zero attached hydrogens (tertiary/aromatic N) is 1. The zero-order valence-electron chi connectivity index (χ0n) is 18.6. The van der Waals surface area contributed by atoms with Gasteiger partial charge in [-0.1, -0.05) is 59.6 Å². The van der Waals surface area contributed by atoms with Crippen LogP contribution in [0.3, 0.4) is 0 Å². The van der Waals surface area contributed by atoms with Gasteiger partial charge < -0.3 is 5.32 Å². The van der Waals surface area contributed by atoms with Crippen molar-refractivity contribution < 1.29 is 13.2 Å². The third-order valence-corrected chi connectivity index (χ3v) is 7.86. The molecule has 3 aromatic carbocycles. The van der Waals surface area contributed by atoms with E-state index in [0.29, 0.717) is 17.3 Å². The largest absolute Gasteiger partial charge is 0.325 e. The number of aryl methyl sites for hydroxylation is 2. The Bertz CT molecular complexity index is 1200. The Labute approximate surface area is 198 Å². The number of hydrogen-bond acceptors (Lipinski definition) is 3. The van der Waals surface area contributed by atoms with Gasteiger partial charge in [0.2, 0.25) is 5.91 Å². The third-order valence-electron chi connectivity index (χ3n) is 5.19. The molecule has 0 bridgehead atoms. The molecule has 7 heteroatoms. The summed E-state index contributed by atoms with van der Waals surface area (Å²) in [5, 5.41) is 2.81. The van der Waals surface area contributed by atoms with Gasteiger partial charge in [0.25, 0.3) is 10.0 Å². The maximum atomic E-state index is 13.5. The van der Waals surface area contributed by atoms with Crippen LogP contribution in [-0.4, -0.2) is 20.9 Å². The lowest BCUT2D eigenvalue weighted by Gasteiger charge is -2.24. The first-order valence-electron chi connectivity index (χ1n) is 10.3. The van der Waals surface area contributed by atoms with Crippen molar-refractivity contribution in [3.8, 4) is 0 Å². The molecule has 1 amide bonds. The van der Waals surface area contributed by atoms with Crippen LogP contribution >= 0.6 is 15.9 Å². The fraction of sp³-hybridized carbons (Fsp3) is 0.240. The second-order valence-corrected chi connectivity index (χ2v) is 10.8. The molecule has 0 atom stereocenters. The first-order valence-corrected chi connectivity index (χ1v) is 12.6. The molecule has 5 nitrogen and oxygen atoms in total. The van der Waals surface area contributed by atoms with Crippen molar-refractivity contribution in [2.24, 2.45) is 0 Å². The van der Waals surface area contributed by atoms with Crippen LogP contribution in [0.4, 0.5) is 11.4 Å². The normalized spacial score (nSPS) is 11.4. The van der Waals surface area contributed by atoms with Gasteiger partial charge in [0.15, 0.2) is 0 Å². The summed E-state index contributed by atoms with van der Waals surface area (Å²) in [5.74, 6) is -0.106. The molecular formula is C25H27BrN2O3S. The average Bonchev–Trinajstić information content (AvgIpc) is 2.75. The summed E-state index contributed by atoms with van der Waals surface area (Å²) in [6, 6.07) is 19.4. The predicted octanol–water partition coefficient (Wildman–Crippen LogP) is 6.02. The van der Waals surface area contributed by atoms with E-state index in [0.717, 1.165) is 25.5 Å². The first kappa shape index (κ1) is 24.0. The lowest BCUT2D eigenvalue weighted by molar-refractivity contribution is -0.114. The molecule has 0 heterocycles. The standard InChI is InChI=1S/C25H27BrN2O3S/c1-17(2)20-7-10-22(11-8-20)28(32(30,31)23-12-5-18(3)6-13-23)16-25(29)27-21-9-14-24(26)19(4)15-21/h5-15,17H,16H2,1-4H3,(H,27,29). The summed E-state index contributed by atoms with van der Waals surface area (Å²) in [6.07, 6.45) is 0. The highest BCUT2D eigenvalue weighted by molar-refractivity contribution is 9.10. The van der Waals surface area contributed by atoms with Gasteiger partial charge in [-0.05, 0) is 73.4 Å². The van der Waals surface area contributed by atoms with E-state index in [1.807, 2.05) is 38.1 Å². The fourth-order valence-electron chi connectivity index (χ4n) is 3.23. The molecule has 0 aliphatic rings. The third kappa shape index (κ3) is 5.58. The van der Waals surface area contributed by atoms with Crippen LogP contribution in [0.15, 0.2) is 76.1 Å². The molecule has 3 rings (SSSR count). The van der Waals surface area contributed by atoms with E-state index in [2.05, 4.69) is 35.1 Å². The van der Waals surface area contributed by atoms with Gasteiger partial charge in [0, 0.05) is 10.2 Å². The van der Waals surface area contributed by atoms with Crippen molar-refractivity contribution in [3.63, 3.8) is 0 Å². The smallest absolute Gasteiger partial charge is 0.264 e. The van der Waals surface area contributed by atoms with E-state index in [9.17, 15) is 13.2 Å². The lowest BCUT2D eigenvalue weighted by atomic mass is 10.0.